The lowest BCUT2D eigenvalue weighted by atomic mass is 10.1. The Morgan fingerprint density at radius 2 is 2.11 bits per heavy atom. The van der Waals surface area contributed by atoms with Gasteiger partial charge in [-0.3, -0.25) is 0 Å². The van der Waals surface area contributed by atoms with E-state index in [1.807, 2.05) is 37.3 Å². The van der Waals surface area contributed by atoms with Gasteiger partial charge in [0.2, 0.25) is 5.95 Å². The Labute approximate surface area is 112 Å². The Balaban J connectivity index is 2.34. The molecule has 0 bridgehead atoms. The molecule has 19 heavy (non-hydrogen) atoms. The quantitative estimate of drug-likeness (QED) is 0.856. The van der Waals surface area contributed by atoms with Crippen LogP contribution in [0.2, 0.25) is 0 Å². The van der Waals surface area contributed by atoms with Crippen LogP contribution in [0.5, 0.6) is 5.75 Å². The third-order valence-electron chi connectivity index (χ3n) is 2.65. The van der Waals surface area contributed by atoms with Crippen LogP contribution in [0.25, 0.3) is 11.3 Å². The van der Waals surface area contributed by atoms with Crippen molar-refractivity contribution in [2.45, 2.75) is 6.92 Å². The van der Waals surface area contributed by atoms with E-state index in [1.54, 1.807) is 7.11 Å². The van der Waals surface area contributed by atoms with E-state index in [2.05, 4.69) is 15.3 Å². The first-order valence-electron chi connectivity index (χ1n) is 6.17. The molecule has 1 aromatic heterocycles. The number of nitrogens with zero attached hydrogens (tertiary/aromatic N) is 2. The minimum absolute atomic E-state index is 0.547. The lowest BCUT2D eigenvalue weighted by molar-refractivity contribution is 0.415. The number of methoxy groups -OCH3 is 1. The first-order chi connectivity index (χ1) is 9.22. The van der Waals surface area contributed by atoms with E-state index < -0.39 is 0 Å². The number of nitrogens with two attached hydrogens (primary N) is 1. The lowest BCUT2D eigenvalue weighted by Crippen LogP contribution is -2.15. The maximum atomic E-state index is 5.47. The monoisotopic (exact) mass is 258 g/mol. The summed E-state index contributed by atoms with van der Waals surface area (Å²) in [4.78, 5) is 8.81. The molecule has 0 amide bonds. The summed E-state index contributed by atoms with van der Waals surface area (Å²) in [5.74, 6) is 1.41. The van der Waals surface area contributed by atoms with Gasteiger partial charge in [-0.1, -0.05) is 12.1 Å². The fourth-order valence-corrected chi connectivity index (χ4v) is 1.76. The summed E-state index contributed by atoms with van der Waals surface area (Å²) in [6, 6.07) is 9.75. The van der Waals surface area contributed by atoms with Gasteiger partial charge in [0, 0.05) is 24.3 Å². The van der Waals surface area contributed by atoms with Gasteiger partial charge >= 0.3 is 0 Å². The van der Waals surface area contributed by atoms with Crippen molar-refractivity contribution >= 4 is 5.95 Å². The predicted octanol–water partition coefficient (Wildman–Crippen LogP) is 1.83. The summed E-state index contributed by atoms with van der Waals surface area (Å²) in [7, 11) is 1.65. The first kappa shape index (κ1) is 13.3. The van der Waals surface area contributed by atoms with E-state index in [0.717, 1.165) is 22.7 Å². The van der Waals surface area contributed by atoms with Crippen molar-refractivity contribution in [3.05, 3.63) is 36.0 Å². The molecule has 0 aliphatic heterocycles. The van der Waals surface area contributed by atoms with Gasteiger partial charge in [0.1, 0.15) is 5.75 Å². The van der Waals surface area contributed by atoms with E-state index in [1.165, 1.54) is 0 Å². The van der Waals surface area contributed by atoms with Crippen molar-refractivity contribution in [3.63, 3.8) is 0 Å². The topological polar surface area (TPSA) is 73.1 Å². The van der Waals surface area contributed by atoms with Crippen LogP contribution in [0, 0.1) is 6.92 Å². The van der Waals surface area contributed by atoms with Crippen molar-refractivity contribution in [2.75, 3.05) is 25.5 Å². The molecule has 0 saturated carbocycles. The number of ether oxygens (including phenoxy) is 1. The summed E-state index contributed by atoms with van der Waals surface area (Å²) in [5.41, 5.74) is 8.24. The number of nitrogens with one attached hydrogen (secondary N) is 1. The summed E-state index contributed by atoms with van der Waals surface area (Å²) < 4.78 is 5.23. The number of anilines is 1. The van der Waals surface area contributed by atoms with Gasteiger partial charge in [0.15, 0.2) is 0 Å². The normalized spacial score (nSPS) is 10.3. The number of aryl methyl sites for hydroxylation is 1. The van der Waals surface area contributed by atoms with Gasteiger partial charge in [-0.2, -0.15) is 0 Å². The fourth-order valence-electron chi connectivity index (χ4n) is 1.76. The maximum Gasteiger partial charge on any atom is 0.223 e. The molecule has 0 atom stereocenters. The van der Waals surface area contributed by atoms with Crippen LogP contribution < -0.4 is 15.8 Å². The van der Waals surface area contributed by atoms with Crippen molar-refractivity contribution in [1.82, 2.24) is 9.97 Å². The van der Waals surface area contributed by atoms with Gasteiger partial charge < -0.3 is 15.8 Å². The largest absolute Gasteiger partial charge is 0.497 e. The SMILES string of the molecule is COc1cccc(-c2cc(C)nc(NCCN)n2)c1. The van der Waals surface area contributed by atoms with Gasteiger partial charge in [-0.25, -0.2) is 9.97 Å². The van der Waals surface area contributed by atoms with Gasteiger partial charge in [-0.15, -0.1) is 0 Å². The van der Waals surface area contributed by atoms with Crippen molar-refractivity contribution in [2.24, 2.45) is 5.73 Å². The molecule has 0 aliphatic carbocycles. The molecule has 0 unspecified atom stereocenters. The van der Waals surface area contributed by atoms with Gasteiger partial charge in [0.05, 0.1) is 12.8 Å². The predicted molar refractivity (Wildman–Crippen MR) is 76.3 cm³/mol. The molecule has 0 saturated heterocycles. The molecule has 5 heteroatoms. The van der Waals surface area contributed by atoms with Crippen molar-refractivity contribution in [3.8, 4) is 17.0 Å². The summed E-state index contributed by atoms with van der Waals surface area (Å²) >= 11 is 0. The number of aromatic nitrogens is 2. The molecule has 1 aromatic carbocycles. The minimum Gasteiger partial charge on any atom is -0.497 e. The smallest absolute Gasteiger partial charge is 0.223 e. The molecule has 2 aromatic rings. The molecule has 100 valence electrons. The molecule has 0 spiro atoms. The summed E-state index contributed by atoms with van der Waals surface area (Å²) in [6.45, 7) is 3.14. The molecule has 3 N–H and O–H groups in total. The number of hydrogen-bond donors (Lipinski definition) is 2. The number of hydrogen-bond acceptors (Lipinski definition) is 5. The molecule has 2 rings (SSSR count). The Bertz CT molecular complexity index is 557. The molecule has 0 aliphatic rings. The zero-order valence-electron chi connectivity index (χ0n) is 11.2. The van der Waals surface area contributed by atoms with Crippen LogP contribution in [-0.4, -0.2) is 30.2 Å². The van der Waals surface area contributed by atoms with Crippen LogP contribution >= 0.6 is 0 Å². The van der Waals surface area contributed by atoms with Crippen LogP contribution in [0.4, 0.5) is 5.95 Å². The highest BCUT2D eigenvalue weighted by Gasteiger charge is 2.05. The average molecular weight is 258 g/mol. The second-order valence-electron chi connectivity index (χ2n) is 4.17. The minimum atomic E-state index is 0.547. The highest BCUT2D eigenvalue weighted by atomic mass is 16.5. The molecule has 5 nitrogen and oxygen atoms in total. The molecule has 1 heterocycles. The van der Waals surface area contributed by atoms with Crippen LogP contribution in [0.3, 0.4) is 0 Å². The summed E-state index contributed by atoms with van der Waals surface area (Å²) in [6.07, 6.45) is 0. The third kappa shape index (κ3) is 3.42. The second-order valence-corrected chi connectivity index (χ2v) is 4.17. The zero-order valence-corrected chi connectivity index (χ0v) is 11.2. The maximum absolute atomic E-state index is 5.47. The molecular weight excluding hydrogens is 240 g/mol. The Morgan fingerprint density at radius 3 is 2.84 bits per heavy atom. The lowest BCUT2D eigenvalue weighted by Gasteiger charge is -2.08. The van der Waals surface area contributed by atoms with E-state index >= 15 is 0 Å². The average Bonchev–Trinajstić information content (AvgIpc) is 2.44. The van der Waals surface area contributed by atoms with E-state index in [9.17, 15) is 0 Å². The highest BCUT2D eigenvalue weighted by molar-refractivity contribution is 5.62. The second kappa shape index (κ2) is 6.15. The van der Waals surface area contributed by atoms with E-state index in [4.69, 9.17) is 10.5 Å². The first-order valence-corrected chi connectivity index (χ1v) is 6.17. The standard InChI is InChI=1S/C14H18N4O/c1-10-8-13(18-14(17-10)16-7-6-15)11-4-3-5-12(9-11)19-2/h3-5,8-9H,6-7,15H2,1-2H3,(H,16,17,18). The van der Waals surface area contributed by atoms with E-state index in [0.29, 0.717) is 19.0 Å². The van der Waals surface area contributed by atoms with Crippen molar-refractivity contribution in [1.29, 1.82) is 0 Å². The molecular formula is C14H18N4O. The Kier molecular flexibility index (Phi) is 4.30. The van der Waals surface area contributed by atoms with Crippen LogP contribution in [0.15, 0.2) is 30.3 Å². The fraction of sp³-hybridized carbons (Fsp3) is 0.286. The van der Waals surface area contributed by atoms with Crippen LogP contribution in [-0.2, 0) is 0 Å². The highest BCUT2D eigenvalue weighted by Crippen LogP contribution is 2.23. The molecule has 0 fully saturated rings. The summed E-state index contributed by atoms with van der Waals surface area (Å²) in [5, 5.41) is 3.10. The Morgan fingerprint density at radius 1 is 1.26 bits per heavy atom. The van der Waals surface area contributed by atoms with Crippen LogP contribution in [0.1, 0.15) is 5.69 Å². The van der Waals surface area contributed by atoms with Gasteiger partial charge in [-0.05, 0) is 25.1 Å². The molecule has 0 radical (unpaired) electrons. The number of benzene rings is 1. The number of rotatable bonds is 5. The van der Waals surface area contributed by atoms with Gasteiger partial charge in [0.25, 0.3) is 0 Å². The van der Waals surface area contributed by atoms with Crippen molar-refractivity contribution < 1.29 is 4.74 Å². The third-order valence-corrected chi connectivity index (χ3v) is 2.65. The Hall–Kier alpha value is -2.14. The zero-order chi connectivity index (χ0) is 13.7. The van der Waals surface area contributed by atoms with E-state index in [-0.39, 0.29) is 0 Å².